The molecule has 4 aromatic carbocycles. The number of H-pyrrole nitrogens is 1. The third kappa shape index (κ3) is 23.4. The Hall–Kier alpha value is -10.8. The normalized spacial score (nSPS) is 11.1. The second kappa shape index (κ2) is 35.9. The molecule has 0 atom stereocenters. The van der Waals surface area contributed by atoms with E-state index in [1.807, 2.05) is 76.2 Å². The second-order valence-corrected chi connectivity index (χ2v) is 23.7. The van der Waals surface area contributed by atoms with Crippen LogP contribution >= 0.6 is 0 Å². The zero-order valence-electron chi connectivity index (χ0n) is 56.2. The van der Waals surface area contributed by atoms with Gasteiger partial charge in [0.05, 0.1) is 27.4 Å². The number of rotatable bonds is 13. The number of allylic oxidation sites excluding steroid dienone is 5. The molecule has 26 heteroatoms. The van der Waals surface area contributed by atoms with Gasteiger partial charge in [-0.15, -0.1) is 0 Å². The standard InChI is InChI=1S/C26H23F2N7O2.C19H21FN6O2.C8H11F.C7H4FNO3.C5H12.2C2H6/c1-26(2,3)25-34-24(37-35-25)23(36)31-12-14-8-7-13(11-18(14)28)15-9-10-30-22-20(15)32-21(33-22)16-5-4-6-17(27)19(16)29;1-19(2,3)18-25-17(28-26-18)16(27)24-9-11-5-4-10(8-13(11)20)12-6-7-23-15(22)14(12)21;1-4-5-6-8(9)7(2)3;8-6-3-1-2-5(4-10)7(6)9(11)12;1-5(2,3)4;2*1-2/h4-11H,12,29H2,1-3H3,(H,31,36)(H,30,32,33);4-8H,9,21H2,1-3H3,(H2,22,23)(H,24,27);4-6H,2H2,1,3H3;1-4H;1-4H3;2*1-2H3/b;;5-4-,8-6+;;;;. The largest absolute Gasteiger partial charge is 0.396 e. The summed E-state index contributed by atoms with van der Waals surface area (Å²) in [6.07, 6.45) is 8.11. The number of nitro benzene ring substituents is 1. The van der Waals surface area contributed by atoms with Crippen molar-refractivity contribution >= 4 is 52.1 Å². The van der Waals surface area contributed by atoms with Crippen molar-refractivity contribution in [2.75, 3.05) is 17.2 Å². The lowest BCUT2D eigenvalue weighted by Gasteiger charge is -2.11. The molecule has 0 bridgehead atoms. The number of hydrogen-bond acceptors (Lipinski definition) is 17. The minimum Gasteiger partial charge on any atom is -0.396 e. The molecule has 5 aromatic heterocycles. The average molecular weight is 1320 g/mol. The van der Waals surface area contributed by atoms with E-state index in [2.05, 4.69) is 85.1 Å². The molecule has 0 aliphatic heterocycles. The van der Waals surface area contributed by atoms with Gasteiger partial charge in [-0.1, -0.05) is 162 Å². The predicted molar refractivity (Wildman–Crippen MR) is 361 cm³/mol. The molecule has 0 spiro atoms. The van der Waals surface area contributed by atoms with Crippen LogP contribution in [0.2, 0.25) is 0 Å². The Balaban J connectivity index is 0.000000354. The highest BCUT2D eigenvalue weighted by atomic mass is 19.1. The van der Waals surface area contributed by atoms with E-state index in [-0.39, 0.29) is 76.1 Å². The van der Waals surface area contributed by atoms with Crippen LogP contribution in [0.5, 0.6) is 0 Å². The molecule has 21 nitrogen and oxygen atoms in total. The molecule has 0 saturated carbocycles. The molecule has 0 unspecified atom stereocenters. The summed E-state index contributed by atoms with van der Waals surface area (Å²) in [4.78, 5) is 68.0. The Morgan fingerprint density at radius 2 is 1.14 bits per heavy atom. The van der Waals surface area contributed by atoms with Gasteiger partial charge < -0.3 is 41.9 Å². The number of anilines is 3. The molecule has 0 radical (unpaired) electrons. The first kappa shape index (κ1) is 78.5. The first-order chi connectivity index (χ1) is 44.6. The predicted octanol–water partition coefficient (Wildman–Crippen LogP) is 16.1. The van der Waals surface area contributed by atoms with E-state index in [9.17, 15) is 42.1 Å². The summed E-state index contributed by atoms with van der Waals surface area (Å²) in [5, 5.41) is 23.0. The Kier molecular flexibility index (Phi) is 29.6. The molecule has 9 rings (SSSR count). The van der Waals surface area contributed by atoms with E-state index in [1.165, 1.54) is 48.7 Å². The van der Waals surface area contributed by atoms with Gasteiger partial charge in [0.25, 0.3) is 0 Å². The molecular formula is C69H83F5N14O7. The fourth-order valence-electron chi connectivity index (χ4n) is 7.37. The van der Waals surface area contributed by atoms with Crippen molar-refractivity contribution < 1.29 is 50.3 Å². The lowest BCUT2D eigenvalue weighted by molar-refractivity contribution is -0.387. The van der Waals surface area contributed by atoms with Crippen LogP contribution in [-0.4, -0.2) is 63.2 Å². The topological polar surface area (TPSA) is 329 Å². The van der Waals surface area contributed by atoms with E-state index >= 15 is 4.39 Å². The number of carbonyl (C=O) groups excluding carboxylic acids is 3. The van der Waals surface area contributed by atoms with E-state index in [0.29, 0.717) is 73.0 Å². The fourth-order valence-corrected chi connectivity index (χ4v) is 7.37. The smallest absolute Gasteiger partial charge is 0.315 e. The summed E-state index contributed by atoms with van der Waals surface area (Å²) in [6, 6.07) is 20.4. The SMILES string of the molecule is C=C(C)/C(F)=C\C=C/C.CC.CC.CC(C)(C)C.CC(C)(C)c1noc(C(=O)NCc2ccc(-c3ccnc(N)c3N)cc2F)n1.CC(C)(C)c1noc(C(=O)NCc2ccc(-c3ccnc4nc(-c5cccc(F)c5N)[nH]c34)cc2F)n1.O=Cc1cccc(F)c1[N+](=O)[O-]. The Bertz CT molecular complexity index is 4130. The van der Waals surface area contributed by atoms with E-state index in [4.69, 9.17) is 26.2 Å². The third-order valence-corrected chi connectivity index (χ3v) is 12.1. The number of benzene rings is 4. The number of amides is 2. The summed E-state index contributed by atoms with van der Waals surface area (Å²) in [7, 11) is 0. The molecule has 506 valence electrons. The van der Waals surface area contributed by atoms with Gasteiger partial charge in [0.15, 0.2) is 23.6 Å². The third-order valence-electron chi connectivity index (χ3n) is 12.1. The quantitative estimate of drug-likeness (QED) is 0.0156. The summed E-state index contributed by atoms with van der Waals surface area (Å²) >= 11 is 0. The summed E-state index contributed by atoms with van der Waals surface area (Å²) in [5.41, 5.74) is 21.2. The molecule has 9 N–H and O–H groups in total. The fraction of sp³-hybridized carbons (Fsp3) is 0.304. The number of nitrogens with zero attached hydrogens (tertiary/aromatic N) is 8. The molecule has 0 fully saturated rings. The number of imidazole rings is 1. The van der Waals surface area contributed by atoms with E-state index in [1.54, 1.807) is 67.7 Å². The van der Waals surface area contributed by atoms with Crippen LogP contribution in [0.1, 0.15) is 165 Å². The number of aromatic nitrogens is 8. The highest BCUT2D eigenvalue weighted by Crippen LogP contribution is 2.33. The number of para-hydroxylation sites is 2. The van der Waals surface area contributed by atoms with Gasteiger partial charge in [0.1, 0.15) is 34.9 Å². The maximum Gasteiger partial charge on any atom is 0.315 e. The Morgan fingerprint density at radius 1 is 0.663 bits per heavy atom. The lowest BCUT2D eigenvalue weighted by atomic mass is 9.96. The van der Waals surface area contributed by atoms with Crippen LogP contribution in [0, 0.1) is 38.8 Å². The minimum atomic E-state index is -0.996. The van der Waals surface area contributed by atoms with Crippen molar-refractivity contribution in [3.8, 4) is 33.6 Å². The summed E-state index contributed by atoms with van der Waals surface area (Å²) in [6.45, 7) is 34.9. The number of hydrogen-bond donors (Lipinski definition) is 6. The Labute approximate surface area is 549 Å². The van der Waals surface area contributed by atoms with Gasteiger partial charge in [-0.25, -0.2) is 32.5 Å². The zero-order valence-corrected chi connectivity index (χ0v) is 56.2. The molecule has 0 aliphatic rings. The number of nitrogens with two attached hydrogens (primary N) is 3. The molecular weight excluding hydrogens is 1230 g/mol. The Morgan fingerprint density at radius 3 is 1.58 bits per heavy atom. The van der Waals surface area contributed by atoms with Crippen molar-refractivity contribution in [2.24, 2.45) is 5.41 Å². The number of aromatic amines is 1. The number of nitrogen functional groups attached to an aromatic ring is 3. The van der Waals surface area contributed by atoms with Crippen LogP contribution in [0.4, 0.5) is 44.8 Å². The molecule has 0 aliphatic carbocycles. The average Bonchev–Trinajstić information content (AvgIpc) is 1.72. The number of nitro groups is 1. The molecule has 95 heavy (non-hydrogen) atoms. The summed E-state index contributed by atoms with van der Waals surface area (Å²) in [5.74, 6) is -2.97. The summed E-state index contributed by atoms with van der Waals surface area (Å²) < 4.78 is 78.6. The first-order valence-electron chi connectivity index (χ1n) is 29.9. The maximum absolute atomic E-state index is 15.0. The van der Waals surface area contributed by atoms with Crippen molar-refractivity contribution in [2.45, 2.75) is 135 Å². The van der Waals surface area contributed by atoms with Crippen LogP contribution in [-0.2, 0) is 23.9 Å². The van der Waals surface area contributed by atoms with Crippen molar-refractivity contribution in [1.29, 1.82) is 0 Å². The number of fused-ring (bicyclic) bond motifs is 1. The molecule has 2 amide bonds. The number of carbonyl (C=O) groups is 3. The van der Waals surface area contributed by atoms with Crippen LogP contribution in [0.3, 0.4) is 0 Å². The zero-order chi connectivity index (χ0) is 71.7. The molecule has 5 heterocycles. The number of nitrogens with one attached hydrogen (secondary N) is 3. The first-order valence-corrected chi connectivity index (χ1v) is 29.9. The van der Waals surface area contributed by atoms with Gasteiger partial charge in [0.2, 0.25) is 5.82 Å². The van der Waals surface area contributed by atoms with Gasteiger partial charge >= 0.3 is 29.3 Å². The van der Waals surface area contributed by atoms with Gasteiger partial charge in [-0.05, 0) is 90.6 Å². The minimum absolute atomic E-state index is 0.0317. The second-order valence-electron chi connectivity index (χ2n) is 23.7. The highest BCUT2D eigenvalue weighted by Gasteiger charge is 2.26. The highest BCUT2D eigenvalue weighted by molar-refractivity contribution is 5.93. The lowest BCUT2D eigenvalue weighted by Crippen LogP contribution is -2.24. The van der Waals surface area contributed by atoms with Gasteiger partial charge in [-0.2, -0.15) is 14.4 Å². The number of aldehydes is 1. The molecule has 0 saturated heterocycles. The van der Waals surface area contributed by atoms with Crippen molar-refractivity contribution in [3.05, 3.63) is 207 Å². The van der Waals surface area contributed by atoms with Crippen LogP contribution in [0.25, 0.3) is 44.8 Å². The van der Waals surface area contributed by atoms with E-state index in [0.717, 1.165) is 6.07 Å². The monoisotopic (exact) mass is 1310 g/mol. The van der Waals surface area contributed by atoms with Crippen molar-refractivity contribution in [3.63, 3.8) is 0 Å². The maximum atomic E-state index is 15.0. The van der Waals surface area contributed by atoms with Gasteiger partial charge in [-0.3, -0.25) is 24.5 Å². The number of halogens is 5. The van der Waals surface area contributed by atoms with Crippen LogP contribution < -0.4 is 27.8 Å². The molecule has 9 aromatic rings. The van der Waals surface area contributed by atoms with Crippen molar-refractivity contribution in [1.82, 2.24) is 50.9 Å². The van der Waals surface area contributed by atoms with Crippen LogP contribution in [0.15, 0.2) is 143 Å². The number of pyridine rings is 2. The van der Waals surface area contributed by atoms with Gasteiger partial charge in [0, 0.05) is 64.1 Å². The van der Waals surface area contributed by atoms with E-state index < -0.39 is 45.7 Å².